The monoisotopic (exact) mass is 407 g/mol. The van der Waals surface area contributed by atoms with Crippen molar-refractivity contribution in [3.63, 3.8) is 0 Å². The summed E-state index contributed by atoms with van der Waals surface area (Å²) in [5.41, 5.74) is 10.9. The lowest BCUT2D eigenvalue weighted by Gasteiger charge is -2.35. The standard InChI is InChI=1S/C17H22FN7O2S/c1-17(2,3)25(8-12(26)21-11-6-4-10(18)5-7-11)13(27)9-28-16-23-14(19)22-15(20)24-16/h4-7H,8-9H2,1-3H3,(H,21,26)(H4,19,20,22,23,24). The lowest BCUT2D eigenvalue weighted by molar-refractivity contribution is -0.137. The highest BCUT2D eigenvalue weighted by atomic mass is 32.2. The molecule has 0 atom stereocenters. The Balaban J connectivity index is 2.02. The molecule has 0 fully saturated rings. The summed E-state index contributed by atoms with van der Waals surface area (Å²) in [5.74, 6) is -1.16. The van der Waals surface area contributed by atoms with Crippen LogP contribution in [-0.4, -0.2) is 49.5 Å². The fraction of sp³-hybridized carbons (Fsp3) is 0.353. The SMILES string of the molecule is CC(C)(C)N(CC(=O)Nc1ccc(F)cc1)C(=O)CSc1nc(N)nc(N)n1. The van der Waals surface area contributed by atoms with Gasteiger partial charge in [0.25, 0.3) is 0 Å². The number of thioether (sulfide) groups is 1. The molecule has 0 radical (unpaired) electrons. The largest absolute Gasteiger partial charge is 0.368 e. The summed E-state index contributed by atoms with van der Waals surface area (Å²) in [6, 6.07) is 5.37. The van der Waals surface area contributed by atoms with Crippen molar-refractivity contribution in [3.05, 3.63) is 30.1 Å². The highest BCUT2D eigenvalue weighted by Gasteiger charge is 2.28. The van der Waals surface area contributed by atoms with Crippen LogP contribution in [-0.2, 0) is 9.59 Å². The maximum atomic E-state index is 13.0. The number of carbonyl (C=O) groups excluding carboxylic acids is 2. The quantitative estimate of drug-likeness (QED) is 0.613. The number of aromatic nitrogens is 3. The van der Waals surface area contributed by atoms with Crippen molar-refractivity contribution in [2.24, 2.45) is 0 Å². The molecule has 150 valence electrons. The van der Waals surface area contributed by atoms with Crippen LogP contribution < -0.4 is 16.8 Å². The number of nitrogens with one attached hydrogen (secondary N) is 1. The van der Waals surface area contributed by atoms with Crippen LogP contribution in [0.5, 0.6) is 0 Å². The average Bonchev–Trinajstić information content (AvgIpc) is 2.58. The maximum Gasteiger partial charge on any atom is 0.244 e. The molecule has 1 aromatic carbocycles. The number of nitrogen functional groups attached to an aromatic ring is 2. The molecule has 9 nitrogen and oxygen atoms in total. The molecule has 1 heterocycles. The predicted octanol–water partition coefficient (Wildman–Crippen LogP) is 1.53. The summed E-state index contributed by atoms with van der Waals surface area (Å²) in [4.78, 5) is 38.0. The summed E-state index contributed by atoms with van der Waals surface area (Å²) < 4.78 is 13.0. The van der Waals surface area contributed by atoms with Crippen LogP contribution in [0.15, 0.2) is 29.4 Å². The average molecular weight is 407 g/mol. The number of hydrogen-bond acceptors (Lipinski definition) is 8. The molecular formula is C17H22FN7O2S. The van der Waals surface area contributed by atoms with Gasteiger partial charge in [-0.3, -0.25) is 9.59 Å². The van der Waals surface area contributed by atoms with E-state index >= 15 is 0 Å². The Morgan fingerprint density at radius 3 is 2.21 bits per heavy atom. The second-order valence-electron chi connectivity index (χ2n) is 6.83. The first-order valence-corrected chi connectivity index (χ1v) is 9.29. The third-order valence-electron chi connectivity index (χ3n) is 3.51. The molecule has 28 heavy (non-hydrogen) atoms. The van der Waals surface area contributed by atoms with Gasteiger partial charge in [-0.25, -0.2) is 4.39 Å². The third-order valence-corrected chi connectivity index (χ3v) is 4.35. The molecule has 2 aromatic rings. The van der Waals surface area contributed by atoms with Gasteiger partial charge in [-0.2, -0.15) is 15.0 Å². The zero-order chi connectivity index (χ0) is 20.9. The van der Waals surface area contributed by atoms with Gasteiger partial charge in [0, 0.05) is 11.2 Å². The fourth-order valence-corrected chi connectivity index (χ4v) is 2.96. The normalized spacial score (nSPS) is 11.1. The minimum atomic E-state index is -0.602. The Morgan fingerprint density at radius 1 is 1.11 bits per heavy atom. The topological polar surface area (TPSA) is 140 Å². The van der Waals surface area contributed by atoms with Gasteiger partial charge < -0.3 is 21.7 Å². The highest BCUT2D eigenvalue weighted by molar-refractivity contribution is 7.99. The van der Waals surface area contributed by atoms with E-state index in [-0.39, 0.29) is 35.3 Å². The minimum Gasteiger partial charge on any atom is -0.368 e. The minimum absolute atomic E-state index is 0.00993. The Bertz CT molecular complexity index is 835. The molecule has 11 heteroatoms. The van der Waals surface area contributed by atoms with Crippen LogP contribution in [0.4, 0.5) is 22.0 Å². The fourth-order valence-electron chi connectivity index (χ4n) is 2.23. The van der Waals surface area contributed by atoms with Crippen LogP contribution in [0.2, 0.25) is 0 Å². The van der Waals surface area contributed by atoms with E-state index in [0.717, 1.165) is 11.8 Å². The number of rotatable bonds is 6. The Labute approximate surface area is 166 Å². The molecule has 2 rings (SSSR count). The van der Waals surface area contributed by atoms with Gasteiger partial charge in [0.15, 0.2) is 5.16 Å². The molecule has 5 N–H and O–H groups in total. The van der Waals surface area contributed by atoms with E-state index in [1.165, 1.54) is 29.2 Å². The molecule has 0 aliphatic rings. The van der Waals surface area contributed by atoms with Crippen molar-refractivity contribution < 1.29 is 14.0 Å². The van der Waals surface area contributed by atoms with Gasteiger partial charge >= 0.3 is 0 Å². The number of anilines is 3. The molecule has 0 saturated carbocycles. The summed E-state index contributed by atoms with van der Waals surface area (Å²) in [6.07, 6.45) is 0. The third kappa shape index (κ3) is 6.34. The van der Waals surface area contributed by atoms with Crippen LogP contribution in [0.1, 0.15) is 20.8 Å². The number of hydrogen-bond donors (Lipinski definition) is 3. The van der Waals surface area contributed by atoms with Crippen molar-refractivity contribution in [2.45, 2.75) is 31.5 Å². The Kier molecular flexibility index (Phi) is 6.73. The number of halogens is 1. The number of amides is 2. The molecule has 0 aliphatic heterocycles. The molecule has 0 bridgehead atoms. The van der Waals surface area contributed by atoms with Gasteiger partial charge in [-0.1, -0.05) is 11.8 Å². The number of nitrogens with two attached hydrogens (primary N) is 2. The van der Waals surface area contributed by atoms with Crippen LogP contribution in [0.3, 0.4) is 0 Å². The van der Waals surface area contributed by atoms with E-state index in [4.69, 9.17) is 11.5 Å². The maximum absolute atomic E-state index is 13.0. The first-order chi connectivity index (χ1) is 13.0. The number of benzene rings is 1. The van der Waals surface area contributed by atoms with E-state index in [2.05, 4.69) is 20.3 Å². The first kappa shape index (κ1) is 21.4. The molecule has 0 saturated heterocycles. The van der Waals surface area contributed by atoms with E-state index in [9.17, 15) is 14.0 Å². The molecule has 2 amide bonds. The van der Waals surface area contributed by atoms with Gasteiger partial charge in [0.2, 0.25) is 23.7 Å². The Morgan fingerprint density at radius 2 is 1.68 bits per heavy atom. The van der Waals surface area contributed by atoms with Crippen molar-refractivity contribution in [1.29, 1.82) is 0 Å². The van der Waals surface area contributed by atoms with E-state index < -0.39 is 17.3 Å². The summed E-state index contributed by atoms with van der Waals surface area (Å²) >= 11 is 1.05. The molecule has 0 spiro atoms. The van der Waals surface area contributed by atoms with E-state index in [0.29, 0.717) is 5.69 Å². The highest BCUT2D eigenvalue weighted by Crippen LogP contribution is 2.19. The van der Waals surface area contributed by atoms with Crippen molar-refractivity contribution in [3.8, 4) is 0 Å². The van der Waals surface area contributed by atoms with Crippen molar-refractivity contribution >= 4 is 41.2 Å². The lowest BCUT2D eigenvalue weighted by atomic mass is 10.1. The van der Waals surface area contributed by atoms with E-state index in [1.54, 1.807) is 0 Å². The summed E-state index contributed by atoms with van der Waals surface area (Å²) in [6.45, 7) is 5.29. The summed E-state index contributed by atoms with van der Waals surface area (Å²) in [7, 11) is 0. The smallest absolute Gasteiger partial charge is 0.244 e. The Hall–Kier alpha value is -2.95. The van der Waals surface area contributed by atoms with Crippen LogP contribution in [0.25, 0.3) is 0 Å². The number of nitrogens with zero attached hydrogens (tertiary/aromatic N) is 4. The molecule has 0 unspecified atom stereocenters. The first-order valence-electron chi connectivity index (χ1n) is 8.30. The summed E-state index contributed by atoms with van der Waals surface area (Å²) in [5, 5.41) is 2.87. The van der Waals surface area contributed by atoms with Gasteiger partial charge in [-0.15, -0.1) is 0 Å². The van der Waals surface area contributed by atoms with Crippen LogP contribution >= 0.6 is 11.8 Å². The van der Waals surface area contributed by atoms with Gasteiger partial charge in [-0.05, 0) is 45.0 Å². The van der Waals surface area contributed by atoms with Gasteiger partial charge in [0.1, 0.15) is 12.4 Å². The zero-order valence-electron chi connectivity index (χ0n) is 15.8. The molecular weight excluding hydrogens is 385 g/mol. The van der Waals surface area contributed by atoms with Crippen molar-refractivity contribution in [1.82, 2.24) is 19.9 Å². The van der Waals surface area contributed by atoms with Crippen LogP contribution in [0, 0.1) is 5.82 Å². The molecule has 0 aliphatic carbocycles. The van der Waals surface area contributed by atoms with E-state index in [1.807, 2.05) is 20.8 Å². The number of carbonyl (C=O) groups is 2. The lowest BCUT2D eigenvalue weighted by Crippen LogP contribution is -2.50. The van der Waals surface area contributed by atoms with Crippen molar-refractivity contribution in [2.75, 3.05) is 29.1 Å². The second-order valence-corrected chi connectivity index (χ2v) is 7.77. The molecule has 1 aromatic heterocycles. The zero-order valence-corrected chi connectivity index (χ0v) is 16.6. The predicted molar refractivity (Wildman–Crippen MR) is 106 cm³/mol. The second kappa shape index (κ2) is 8.83. The van der Waals surface area contributed by atoms with Gasteiger partial charge in [0.05, 0.1) is 5.75 Å².